The first-order valence-electron chi connectivity index (χ1n) is 6.16. The van der Waals surface area contributed by atoms with Crippen LogP contribution in [0.1, 0.15) is 32.8 Å². The molecule has 0 atom stereocenters. The van der Waals surface area contributed by atoms with Gasteiger partial charge >= 0.3 is 6.09 Å². The Balaban J connectivity index is 2.30. The van der Waals surface area contributed by atoms with Crippen molar-refractivity contribution in [3.63, 3.8) is 0 Å². The number of amides is 1. The quantitative estimate of drug-likeness (QED) is 0.706. The zero-order valence-corrected chi connectivity index (χ0v) is 11.0. The summed E-state index contributed by atoms with van der Waals surface area (Å²) in [4.78, 5) is 13.5. The van der Waals surface area contributed by atoms with E-state index in [1.54, 1.807) is 26.8 Å². The SMILES string of the molecule is CC(C)(C)OC(=O)N1CCCc2cccc(F)c21. The van der Waals surface area contributed by atoms with Gasteiger partial charge in [-0.25, -0.2) is 9.18 Å². The minimum Gasteiger partial charge on any atom is -0.443 e. The van der Waals surface area contributed by atoms with E-state index < -0.39 is 11.7 Å². The molecule has 0 bridgehead atoms. The highest BCUT2D eigenvalue weighted by molar-refractivity contribution is 5.89. The molecule has 1 aromatic carbocycles. The summed E-state index contributed by atoms with van der Waals surface area (Å²) in [6, 6.07) is 4.91. The minimum absolute atomic E-state index is 0.363. The van der Waals surface area contributed by atoms with E-state index in [1.165, 1.54) is 11.0 Å². The molecule has 0 aromatic heterocycles. The number of anilines is 1. The summed E-state index contributed by atoms with van der Waals surface area (Å²) in [5.41, 5.74) is 0.671. The molecule has 0 radical (unpaired) electrons. The van der Waals surface area contributed by atoms with Crippen molar-refractivity contribution in [3.05, 3.63) is 29.6 Å². The lowest BCUT2D eigenvalue weighted by Gasteiger charge is -2.31. The molecule has 1 aliphatic rings. The van der Waals surface area contributed by atoms with Gasteiger partial charge in [-0.1, -0.05) is 12.1 Å². The van der Waals surface area contributed by atoms with Crippen LogP contribution in [0.3, 0.4) is 0 Å². The number of rotatable bonds is 0. The molecule has 0 unspecified atom stereocenters. The molecular formula is C14H18FNO2. The van der Waals surface area contributed by atoms with E-state index in [0.717, 1.165) is 18.4 Å². The van der Waals surface area contributed by atoms with Crippen LogP contribution in [0.15, 0.2) is 18.2 Å². The largest absolute Gasteiger partial charge is 0.443 e. The maximum atomic E-state index is 13.9. The number of ether oxygens (including phenoxy) is 1. The van der Waals surface area contributed by atoms with Gasteiger partial charge in [0.15, 0.2) is 0 Å². The smallest absolute Gasteiger partial charge is 0.414 e. The number of halogens is 1. The van der Waals surface area contributed by atoms with E-state index in [4.69, 9.17) is 4.74 Å². The Morgan fingerprint density at radius 2 is 2.11 bits per heavy atom. The molecule has 0 N–H and O–H groups in total. The van der Waals surface area contributed by atoms with Crippen LogP contribution in [-0.4, -0.2) is 18.2 Å². The molecule has 1 heterocycles. The van der Waals surface area contributed by atoms with Crippen molar-refractivity contribution < 1.29 is 13.9 Å². The maximum absolute atomic E-state index is 13.9. The molecule has 0 saturated carbocycles. The summed E-state index contributed by atoms with van der Waals surface area (Å²) in [7, 11) is 0. The monoisotopic (exact) mass is 251 g/mol. The lowest BCUT2D eigenvalue weighted by molar-refractivity contribution is 0.0576. The van der Waals surface area contributed by atoms with Crippen LogP contribution in [0.2, 0.25) is 0 Å². The molecule has 2 rings (SSSR count). The number of para-hydroxylation sites is 1. The summed E-state index contributed by atoms with van der Waals surface area (Å²) >= 11 is 0. The summed E-state index contributed by atoms with van der Waals surface area (Å²) < 4.78 is 19.2. The molecular weight excluding hydrogens is 233 g/mol. The maximum Gasteiger partial charge on any atom is 0.414 e. The highest BCUT2D eigenvalue weighted by Crippen LogP contribution is 2.30. The van der Waals surface area contributed by atoms with Crippen molar-refractivity contribution in [2.45, 2.75) is 39.2 Å². The van der Waals surface area contributed by atoms with Crippen LogP contribution in [0, 0.1) is 5.82 Å². The van der Waals surface area contributed by atoms with E-state index in [1.807, 2.05) is 6.07 Å². The number of carbonyl (C=O) groups is 1. The number of hydrogen-bond acceptors (Lipinski definition) is 2. The summed E-state index contributed by atoms with van der Waals surface area (Å²) in [5.74, 6) is -0.363. The van der Waals surface area contributed by atoms with E-state index in [2.05, 4.69) is 0 Å². The van der Waals surface area contributed by atoms with Crippen molar-refractivity contribution in [1.82, 2.24) is 0 Å². The first-order chi connectivity index (χ1) is 8.38. The Hall–Kier alpha value is -1.58. The Labute approximate surface area is 107 Å². The van der Waals surface area contributed by atoms with Gasteiger partial charge in [0, 0.05) is 6.54 Å². The highest BCUT2D eigenvalue weighted by Gasteiger charge is 2.29. The van der Waals surface area contributed by atoms with Crippen LogP contribution in [-0.2, 0) is 11.2 Å². The third-order valence-corrected chi connectivity index (χ3v) is 2.78. The topological polar surface area (TPSA) is 29.5 Å². The third-order valence-electron chi connectivity index (χ3n) is 2.78. The molecule has 98 valence electrons. The predicted molar refractivity (Wildman–Crippen MR) is 68.3 cm³/mol. The second kappa shape index (κ2) is 4.59. The lowest BCUT2D eigenvalue weighted by Crippen LogP contribution is -2.40. The first kappa shape index (κ1) is 12.9. The average molecular weight is 251 g/mol. The van der Waals surface area contributed by atoms with Crippen molar-refractivity contribution in [1.29, 1.82) is 0 Å². The van der Waals surface area contributed by atoms with Crippen molar-refractivity contribution in [2.75, 3.05) is 11.4 Å². The molecule has 1 aromatic rings. The molecule has 1 amide bonds. The Bertz CT molecular complexity index is 465. The van der Waals surface area contributed by atoms with Gasteiger partial charge in [0.1, 0.15) is 11.4 Å². The van der Waals surface area contributed by atoms with Gasteiger partial charge in [-0.2, -0.15) is 0 Å². The Kier molecular flexibility index (Phi) is 3.28. The molecule has 0 aliphatic carbocycles. The molecule has 0 spiro atoms. The van der Waals surface area contributed by atoms with Crippen LogP contribution < -0.4 is 4.90 Å². The number of nitrogens with zero attached hydrogens (tertiary/aromatic N) is 1. The van der Waals surface area contributed by atoms with Crippen molar-refractivity contribution in [2.24, 2.45) is 0 Å². The van der Waals surface area contributed by atoms with E-state index in [9.17, 15) is 9.18 Å². The zero-order chi connectivity index (χ0) is 13.3. The number of carbonyl (C=O) groups excluding carboxylic acids is 1. The van der Waals surface area contributed by atoms with Gasteiger partial charge in [-0.05, 0) is 45.2 Å². The first-order valence-corrected chi connectivity index (χ1v) is 6.16. The molecule has 1 aliphatic heterocycles. The molecule has 4 heteroatoms. The number of fused-ring (bicyclic) bond motifs is 1. The molecule has 18 heavy (non-hydrogen) atoms. The highest BCUT2D eigenvalue weighted by atomic mass is 19.1. The molecule has 0 fully saturated rings. The Morgan fingerprint density at radius 3 is 2.78 bits per heavy atom. The van der Waals surface area contributed by atoms with E-state index in [-0.39, 0.29) is 5.82 Å². The van der Waals surface area contributed by atoms with Crippen LogP contribution in [0.25, 0.3) is 0 Å². The standard InChI is InChI=1S/C14H18FNO2/c1-14(2,3)18-13(17)16-9-5-7-10-6-4-8-11(15)12(10)16/h4,6,8H,5,7,9H2,1-3H3. The average Bonchev–Trinajstić information content (AvgIpc) is 2.26. The van der Waals surface area contributed by atoms with E-state index >= 15 is 0 Å². The fraction of sp³-hybridized carbons (Fsp3) is 0.500. The van der Waals surface area contributed by atoms with Gasteiger partial charge in [0.25, 0.3) is 0 Å². The van der Waals surface area contributed by atoms with Crippen molar-refractivity contribution >= 4 is 11.8 Å². The van der Waals surface area contributed by atoms with Gasteiger partial charge in [0.05, 0.1) is 5.69 Å². The predicted octanol–water partition coefficient (Wildman–Crippen LogP) is 3.51. The van der Waals surface area contributed by atoms with Gasteiger partial charge < -0.3 is 4.74 Å². The fourth-order valence-corrected chi connectivity index (χ4v) is 2.10. The van der Waals surface area contributed by atoms with Gasteiger partial charge in [-0.15, -0.1) is 0 Å². The fourth-order valence-electron chi connectivity index (χ4n) is 2.10. The normalized spacial score (nSPS) is 15.2. The van der Waals surface area contributed by atoms with Crippen LogP contribution in [0.5, 0.6) is 0 Å². The lowest BCUT2D eigenvalue weighted by atomic mass is 10.0. The molecule has 3 nitrogen and oxygen atoms in total. The summed E-state index contributed by atoms with van der Waals surface area (Å²) in [6.07, 6.45) is 1.15. The summed E-state index contributed by atoms with van der Waals surface area (Å²) in [6.45, 7) is 5.91. The second-order valence-corrected chi connectivity index (χ2v) is 5.48. The molecule has 0 saturated heterocycles. The van der Waals surface area contributed by atoms with Crippen LogP contribution in [0.4, 0.5) is 14.9 Å². The van der Waals surface area contributed by atoms with E-state index in [0.29, 0.717) is 12.2 Å². The van der Waals surface area contributed by atoms with Gasteiger partial charge in [0.2, 0.25) is 0 Å². The van der Waals surface area contributed by atoms with Gasteiger partial charge in [-0.3, -0.25) is 4.90 Å². The number of aryl methyl sites for hydroxylation is 1. The minimum atomic E-state index is -0.569. The zero-order valence-electron chi connectivity index (χ0n) is 11.0. The van der Waals surface area contributed by atoms with Crippen LogP contribution >= 0.6 is 0 Å². The second-order valence-electron chi connectivity index (χ2n) is 5.48. The summed E-state index contributed by atoms with van der Waals surface area (Å²) in [5, 5.41) is 0. The number of hydrogen-bond donors (Lipinski definition) is 0. The third kappa shape index (κ3) is 2.63. The number of benzene rings is 1. The Morgan fingerprint density at radius 1 is 1.39 bits per heavy atom. The van der Waals surface area contributed by atoms with Crippen molar-refractivity contribution in [3.8, 4) is 0 Å².